The third kappa shape index (κ3) is 2.98. The van der Waals surface area contributed by atoms with Crippen LogP contribution in [-0.2, 0) is 0 Å². The van der Waals surface area contributed by atoms with Crippen LogP contribution in [0, 0.1) is 6.92 Å². The standard InChI is InChI=1S/C11H15N3O2/c1-8-4-3-5-9(6-8)11(15)14(2)7-10(12)13-16/h3-6,16H,7H2,1-2H3,(H2,12,13). The van der Waals surface area contributed by atoms with Crippen molar-refractivity contribution in [1.29, 1.82) is 0 Å². The number of oxime groups is 1. The summed E-state index contributed by atoms with van der Waals surface area (Å²) in [6, 6.07) is 7.27. The first-order valence-corrected chi connectivity index (χ1v) is 4.83. The maximum absolute atomic E-state index is 11.9. The molecule has 3 N–H and O–H groups in total. The van der Waals surface area contributed by atoms with Crippen molar-refractivity contribution in [2.45, 2.75) is 6.92 Å². The average molecular weight is 221 g/mol. The van der Waals surface area contributed by atoms with E-state index in [1.165, 1.54) is 4.90 Å². The number of hydrogen-bond acceptors (Lipinski definition) is 3. The fourth-order valence-corrected chi connectivity index (χ4v) is 1.34. The van der Waals surface area contributed by atoms with Gasteiger partial charge < -0.3 is 15.8 Å². The molecule has 0 heterocycles. The zero-order valence-corrected chi connectivity index (χ0v) is 9.34. The molecule has 1 aromatic carbocycles. The van der Waals surface area contributed by atoms with E-state index in [9.17, 15) is 4.79 Å². The Morgan fingerprint density at radius 3 is 2.81 bits per heavy atom. The first-order chi connectivity index (χ1) is 7.54. The van der Waals surface area contributed by atoms with Crippen LogP contribution in [-0.4, -0.2) is 35.4 Å². The van der Waals surface area contributed by atoms with Gasteiger partial charge in [0, 0.05) is 12.6 Å². The summed E-state index contributed by atoms with van der Waals surface area (Å²) < 4.78 is 0. The minimum atomic E-state index is -0.157. The minimum absolute atomic E-state index is 0.00324. The van der Waals surface area contributed by atoms with Crippen molar-refractivity contribution in [3.63, 3.8) is 0 Å². The summed E-state index contributed by atoms with van der Waals surface area (Å²) in [5, 5.41) is 11.2. The zero-order chi connectivity index (χ0) is 12.1. The summed E-state index contributed by atoms with van der Waals surface area (Å²) in [5.74, 6) is -0.154. The predicted molar refractivity (Wildman–Crippen MR) is 61.5 cm³/mol. The highest BCUT2D eigenvalue weighted by Gasteiger charge is 2.12. The SMILES string of the molecule is Cc1cccc(C(=O)N(C)CC(N)=NO)c1. The number of rotatable bonds is 3. The van der Waals surface area contributed by atoms with Gasteiger partial charge in [-0.15, -0.1) is 0 Å². The molecule has 0 fully saturated rings. The lowest BCUT2D eigenvalue weighted by Gasteiger charge is -2.16. The smallest absolute Gasteiger partial charge is 0.254 e. The van der Waals surface area contributed by atoms with Crippen LogP contribution in [0.15, 0.2) is 29.4 Å². The normalized spacial score (nSPS) is 11.2. The van der Waals surface area contributed by atoms with E-state index in [1.807, 2.05) is 19.1 Å². The van der Waals surface area contributed by atoms with Crippen molar-refractivity contribution >= 4 is 11.7 Å². The Bertz CT molecular complexity index is 415. The monoisotopic (exact) mass is 221 g/mol. The largest absolute Gasteiger partial charge is 0.409 e. The maximum Gasteiger partial charge on any atom is 0.254 e. The molecule has 0 unspecified atom stereocenters. The van der Waals surface area contributed by atoms with Crippen LogP contribution in [0.4, 0.5) is 0 Å². The molecule has 86 valence electrons. The number of nitrogens with two attached hydrogens (primary N) is 1. The molecule has 0 saturated heterocycles. The quantitative estimate of drug-likeness (QED) is 0.343. The van der Waals surface area contributed by atoms with Crippen molar-refractivity contribution in [2.75, 3.05) is 13.6 Å². The molecular weight excluding hydrogens is 206 g/mol. The number of amides is 1. The molecule has 16 heavy (non-hydrogen) atoms. The molecule has 0 aliphatic carbocycles. The van der Waals surface area contributed by atoms with Crippen LogP contribution < -0.4 is 5.73 Å². The fourth-order valence-electron chi connectivity index (χ4n) is 1.34. The number of nitrogens with zero attached hydrogens (tertiary/aromatic N) is 2. The molecule has 0 spiro atoms. The second kappa shape index (κ2) is 5.16. The van der Waals surface area contributed by atoms with E-state index in [0.29, 0.717) is 5.56 Å². The van der Waals surface area contributed by atoms with Crippen molar-refractivity contribution in [1.82, 2.24) is 4.90 Å². The van der Waals surface area contributed by atoms with Crippen LogP contribution in [0.3, 0.4) is 0 Å². The summed E-state index contributed by atoms with van der Waals surface area (Å²) in [4.78, 5) is 13.3. The molecule has 0 bridgehead atoms. The van der Waals surface area contributed by atoms with E-state index in [4.69, 9.17) is 10.9 Å². The molecule has 0 saturated carbocycles. The molecule has 0 radical (unpaired) electrons. The Morgan fingerprint density at radius 1 is 1.56 bits per heavy atom. The van der Waals surface area contributed by atoms with Crippen LogP contribution in [0.1, 0.15) is 15.9 Å². The van der Waals surface area contributed by atoms with Gasteiger partial charge in [0.15, 0.2) is 5.84 Å². The van der Waals surface area contributed by atoms with Gasteiger partial charge in [0.25, 0.3) is 5.91 Å². The lowest BCUT2D eigenvalue weighted by molar-refractivity contribution is 0.0813. The highest BCUT2D eigenvalue weighted by molar-refractivity contribution is 5.96. The highest BCUT2D eigenvalue weighted by atomic mass is 16.4. The Kier molecular flexibility index (Phi) is 3.88. The van der Waals surface area contributed by atoms with Crippen LogP contribution in [0.5, 0.6) is 0 Å². The van der Waals surface area contributed by atoms with E-state index in [2.05, 4.69) is 5.16 Å². The van der Waals surface area contributed by atoms with E-state index in [-0.39, 0.29) is 18.3 Å². The van der Waals surface area contributed by atoms with Gasteiger partial charge in [-0.05, 0) is 19.1 Å². The van der Waals surface area contributed by atoms with Gasteiger partial charge in [-0.1, -0.05) is 22.9 Å². The van der Waals surface area contributed by atoms with E-state index >= 15 is 0 Å². The molecule has 1 rings (SSSR count). The summed E-state index contributed by atoms with van der Waals surface area (Å²) in [5.41, 5.74) is 6.93. The van der Waals surface area contributed by atoms with Gasteiger partial charge >= 0.3 is 0 Å². The number of hydrogen-bond donors (Lipinski definition) is 2. The summed E-state index contributed by atoms with van der Waals surface area (Å²) in [6.45, 7) is 2.02. The Labute approximate surface area is 94.2 Å². The molecule has 0 aliphatic heterocycles. The van der Waals surface area contributed by atoms with Crippen LogP contribution in [0.2, 0.25) is 0 Å². The van der Waals surface area contributed by atoms with Crippen molar-refractivity contribution < 1.29 is 10.0 Å². The fraction of sp³-hybridized carbons (Fsp3) is 0.273. The second-order valence-electron chi connectivity index (χ2n) is 3.62. The topological polar surface area (TPSA) is 78.9 Å². The summed E-state index contributed by atoms with van der Waals surface area (Å²) in [6.07, 6.45) is 0. The molecule has 1 amide bonds. The number of carbonyl (C=O) groups is 1. The number of amidine groups is 1. The van der Waals surface area contributed by atoms with Gasteiger partial charge in [-0.3, -0.25) is 4.79 Å². The van der Waals surface area contributed by atoms with Gasteiger partial charge in [0.1, 0.15) is 0 Å². The van der Waals surface area contributed by atoms with Crippen LogP contribution in [0.25, 0.3) is 0 Å². The van der Waals surface area contributed by atoms with Gasteiger partial charge in [-0.25, -0.2) is 0 Å². The Morgan fingerprint density at radius 2 is 2.25 bits per heavy atom. The minimum Gasteiger partial charge on any atom is -0.409 e. The zero-order valence-electron chi connectivity index (χ0n) is 9.34. The number of benzene rings is 1. The molecule has 1 aromatic rings. The highest BCUT2D eigenvalue weighted by Crippen LogP contribution is 2.06. The Balaban J connectivity index is 2.78. The third-order valence-electron chi connectivity index (χ3n) is 2.14. The molecule has 0 atom stereocenters. The van der Waals surface area contributed by atoms with E-state index in [0.717, 1.165) is 5.56 Å². The van der Waals surface area contributed by atoms with Gasteiger partial charge in [0.05, 0.1) is 6.54 Å². The lowest BCUT2D eigenvalue weighted by Crippen LogP contribution is -2.35. The lowest BCUT2D eigenvalue weighted by atomic mass is 10.1. The maximum atomic E-state index is 11.9. The average Bonchev–Trinajstić information content (AvgIpc) is 2.27. The van der Waals surface area contributed by atoms with Crippen LogP contribution >= 0.6 is 0 Å². The molecular formula is C11H15N3O2. The Hall–Kier alpha value is -2.04. The molecule has 5 heteroatoms. The van der Waals surface area contributed by atoms with Gasteiger partial charge in [0.2, 0.25) is 0 Å². The molecule has 5 nitrogen and oxygen atoms in total. The predicted octanol–water partition coefficient (Wildman–Crippen LogP) is 0.813. The first kappa shape index (κ1) is 12.0. The summed E-state index contributed by atoms with van der Waals surface area (Å²) >= 11 is 0. The third-order valence-corrected chi connectivity index (χ3v) is 2.14. The van der Waals surface area contributed by atoms with E-state index < -0.39 is 0 Å². The van der Waals surface area contributed by atoms with Crippen molar-refractivity contribution in [3.05, 3.63) is 35.4 Å². The first-order valence-electron chi connectivity index (χ1n) is 4.83. The second-order valence-corrected chi connectivity index (χ2v) is 3.62. The molecule has 0 aliphatic rings. The van der Waals surface area contributed by atoms with Crippen molar-refractivity contribution in [2.24, 2.45) is 10.9 Å². The summed E-state index contributed by atoms with van der Waals surface area (Å²) in [7, 11) is 1.60. The number of aryl methyl sites for hydroxylation is 1. The number of carbonyl (C=O) groups excluding carboxylic acids is 1. The van der Waals surface area contributed by atoms with E-state index in [1.54, 1.807) is 19.2 Å². The van der Waals surface area contributed by atoms with Gasteiger partial charge in [-0.2, -0.15) is 0 Å². The molecule has 0 aromatic heterocycles. The number of likely N-dealkylation sites (N-methyl/N-ethyl adjacent to an activating group) is 1. The van der Waals surface area contributed by atoms with Crippen molar-refractivity contribution in [3.8, 4) is 0 Å².